The Labute approximate surface area is 137 Å². The van der Waals surface area contributed by atoms with E-state index in [0.717, 1.165) is 12.8 Å². The molecule has 1 fully saturated rings. The lowest BCUT2D eigenvalue weighted by Crippen LogP contribution is -2.56. The number of carbonyl (C=O) groups is 3. The zero-order chi connectivity index (χ0) is 16.0. The van der Waals surface area contributed by atoms with Crippen LogP contribution in [0.2, 0.25) is 0 Å². The lowest BCUT2D eigenvalue weighted by atomic mass is 9.97. The minimum Gasteiger partial charge on any atom is -0.467 e. The Morgan fingerprint density at radius 1 is 1.23 bits per heavy atom. The second-order valence-corrected chi connectivity index (χ2v) is 5.82. The predicted molar refractivity (Wildman–Crippen MR) is 84.4 cm³/mol. The van der Waals surface area contributed by atoms with Gasteiger partial charge in [0.2, 0.25) is 11.8 Å². The molecule has 0 bridgehead atoms. The summed E-state index contributed by atoms with van der Waals surface area (Å²) in [5.41, 5.74) is 4.74. The number of amides is 2. The second kappa shape index (κ2) is 8.95. The number of nitrogens with one attached hydrogen (secondary N) is 2. The number of nitrogens with two attached hydrogens (primary N) is 1. The van der Waals surface area contributed by atoms with Crippen molar-refractivity contribution in [1.29, 1.82) is 0 Å². The van der Waals surface area contributed by atoms with Crippen LogP contribution in [0.3, 0.4) is 0 Å². The van der Waals surface area contributed by atoms with Gasteiger partial charge in [0.15, 0.2) is 0 Å². The maximum atomic E-state index is 11.9. The lowest BCUT2D eigenvalue weighted by Gasteiger charge is -2.27. The van der Waals surface area contributed by atoms with E-state index in [1.54, 1.807) is 0 Å². The Bertz CT molecular complexity index is 409. The molecule has 1 aliphatic rings. The summed E-state index contributed by atoms with van der Waals surface area (Å²) in [7, 11) is 1.30. The molecule has 0 heterocycles. The fourth-order valence-electron chi connectivity index (χ4n) is 2.45. The minimum atomic E-state index is -0.948. The number of halogens is 1. The summed E-state index contributed by atoms with van der Waals surface area (Å²) in [5, 5.41) is 5.18. The average Bonchev–Trinajstić information content (AvgIpc) is 2.92. The van der Waals surface area contributed by atoms with E-state index in [1.165, 1.54) is 7.11 Å². The molecule has 0 unspecified atom stereocenters. The molecule has 1 rings (SSSR count). The van der Waals surface area contributed by atoms with Gasteiger partial charge in [0.05, 0.1) is 19.7 Å². The molecule has 0 saturated heterocycles. The van der Waals surface area contributed by atoms with Crippen LogP contribution in [0.5, 0.6) is 0 Å². The first kappa shape index (κ1) is 20.7. The van der Waals surface area contributed by atoms with Gasteiger partial charge in [-0.05, 0) is 18.8 Å². The minimum absolute atomic E-state index is 0. The summed E-state index contributed by atoms with van der Waals surface area (Å²) in [6.07, 6.45) is 2.84. The highest BCUT2D eigenvalue weighted by Crippen LogP contribution is 2.30. The average molecular weight is 336 g/mol. The van der Waals surface area contributed by atoms with Crippen molar-refractivity contribution in [1.82, 2.24) is 10.6 Å². The summed E-state index contributed by atoms with van der Waals surface area (Å²) >= 11 is 0. The fourth-order valence-corrected chi connectivity index (χ4v) is 2.45. The van der Waals surface area contributed by atoms with E-state index in [2.05, 4.69) is 10.6 Å². The van der Waals surface area contributed by atoms with E-state index in [1.807, 2.05) is 13.8 Å². The first-order valence-electron chi connectivity index (χ1n) is 7.25. The smallest absolute Gasteiger partial charge is 0.331 e. The van der Waals surface area contributed by atoms with Crippen molar-refractivity contribution < 1.29 is 19.1 Å². The van der Waals surface area contributed by atoms with Gasteiger partial charge in [-0.2, -0.15) is 0 Å². The number of hydrogen-bond donors (Lipinski definition) is 3. The van der Waals surface area contributed by atoms with E-state index in [4.69, 9.17) is 10.5 Å². The third-order valence-electron chi connectivity index (χ3n) is 3.86. The van der Waals surface area contributed by atoms with Crippen molar-refractivity contribution in [3.8, 4) is 0 Å². The van der Waals surface area contributed by atoms with E-state index in [0.29, 0.717) is 12.8 Å². The van der Waals surface area contributed by atoms with Crippen molar-refractivity contribution in [2.24, 2.45) is 11.7 Å². The molecular weight excluding hydrogens is 310 g/mol. The van der Waals surface area contributed by atoms with Crippen LogP contribution in [-0.2, 0) is 19.1 Å². The van der Waals surface area contributed by atoms with Gasteiger partial charge in [-0.1, -0.05) is 26.7 Å². The zero-order valence-corrected chi connectivity index (χ0v) is 14.1. The van der Waals surface area contributed by atoms with Crippen LogP contribution < -0.4 is 16.4 Å². The standard InChI is InChI=1S/C14H25N3O4.ClH/c1-9(2)11(15)12(19)16-8-10(18)17-14(13(20)21-3)6-4-5-7-14;/h9,11H,4-8,15H2,1-3H3,(H,16,19)(H,17,18);1H/t11-;/m0./s1. The molecule has 22 heavy (non-hydrogen) atoms. The molecule has 1 atom stereocenters. The molecule has 0 aromatic heterocycles. The molecule has 0 aromatic carbocycles. The zero-order valence-electron chi connectivity index (χ0n) is 13.3. The monoisotopic (exact) mass is 335 g/mol. The molecule has 1 aliphatic carbocycles. The number of ether oxygens (including phenoxy) is 1. The lowest BCUT2D eigenvalue weighted by molar-refractivity contribution is -0.150. The topological polar surface area (TPSA) is 111 Å². The van der Waals surface area contributed by atoms with Crippen LogP contribution >= 0.6 is 12.4 Å². The van der Waals surface area contributed by atoms with Crippen molar-refractivity contribution in [3.05, 3.63) is 0 Å². The van der Waals surface area contributed by atoms with Gasteiger partial charge in [-0.3, -0.25) is 9.59 Å². The third-order valence-corrected chi connectivity index (χ3v) is 3.86. The van der Waals surface area contributed by atoms with E-state index >= 15 is 0 Å². The van der Waals surface area contributed by atoms with Crippen molar-refractivity contribution in [2.45, 2.75) is 51.1 Å². The molecule has 128 valence electrons. The van der Waals surface area contributed by atoms with E-state index in [-0.39, 0.29) is 30.8 Å². The summed E-state index contributed by atoms with van der Waals surface area (Å²) < 4.78 is 4.77. The predicted octanol–water partition coefficient (Wildman–Crippen LogP) is 0.110. The molecule has 8 heteroatoms. The SMILES string of the molecule is COC(=O)C1(NC(=O)CNC(=O)[C@@H](N)C(C)C)CCCC1.Cl. The van der Waals surface area contributed by atoms with Crippen LogP contribution in [0.25, 0.3) is 0 Å². The molecular formula is C14H26ClN3O4. The van der Waals surface area contributed by atoms with Crippen LogP contribution in [0.4, 0.5) is 0 Å². The Morgan fingerprint density at radius 3 is 2.23 bits per heavy atom. The van der Waals surface area contributed by atoms with Crippen LogP contribution in [0.1, 0.15) is 39.5 Å². The van der Waals surface area contributed by atoms with E-state index < -0.39 is 23.5 Å². The van der Waals surface area contributed by atoms with Crippen molar-refractivity contribution in [2.75, 3.05) is 13.7 Å². The van der Waals surface area contributed by atoms with Crippen molar-refractivity contribution in [3.63, 3.8) is 0 Å². The van der Waals surface area contributed by atoms with Crippen LogP contribution in [0.15, 0.2) is 0 Å². The molecule has 0 aliphatic heterocycles. The quantitative estimate of drug-likeness (QED) is 0.597. The second-order valence-electron chi connectivity index (χ2n) is 5.82. The highest BCUT2D eigenvalue weighted by Gasteiger charge is 2.43. The molecule has 4 N–H and O–H groups in total. The summed E-state index contributed by atoms with van der Waals surface area (Å²) in [6, 6.07) is -0.654. The molecule has 7 nitrogen and oxygen atoms in total. The normalized spacial score (nSPS) is 17.3. The van der Waals surface area contributed by atoms with Crippen LogP contribution in [0, 0.1) is 5.92 Å². The summed E-state index contributed by atoms with van der Waals surface area (Å²) in [4.78, 5) is 35.5. The van der Waals surface area contributed by atoms with Gasteiger partial charge in [-0.25, -0.2) is 4.79 Å². The van der Waals surface area contributed by atoms with Gasteiger partial charge in [0.25, 0.3) is 0 Å². The Hall–Kier alpha value is -1.34. The number of carbonyl (C=O) groups excluding carboxylic acids is 3. The highest BCUT2D eigenvalue weighted by atomic mass is 35.5. The Balaban J connectivity index is 0.00000441. The maximum absolute atomic E-state index is 11.9. The van der Waals surface area contributed by atoms with Gasteiger partial charge in [0, 0.05) is 0 Å². The summed E-state index contributed by atoms with van der Waals surface area (Å²) in [5.74, 6) is -1.23. The fraction of sp³-hybridized carbons (Fsp3) is 0.786. The summed E-state index contributed by atoms with van der Waals surface area (Å²) in [6.45, 7) is 3.46. The Kier molecular flexibility index (Phi) is 8.40. The highest BCUT2D eigenvalue weighted by molar-refractivity contribution is 5.91. The number of rotatable bonds is 6. The van der Waals surface area contributed by atoms with Gasteiger partial charge in [0.1, 0.15) is 5.54 Å². The van der Waals surface area contributed by atoms with Gasteiger partial charge < -0.3 is 21.1 Å². The van der Waals surface area contributed by atoms with Gasteiger partial charge >= 0.3 is 5.97 Å². The molecule has 0 spiro atoms. The first-order chi connectivity index (χ1) is 9.82. The van der Waals surface area contributed by atoms with Gasteiger partial charge in [-0.15, -0.1) is 12.4 Å². The largest absolute Gasteiger partial charge is 0.467 e. The van der Waals surface area contributed by atoms with Crippen LogP contribution in [-0.4, -0.2) is 43.0 Å². The Morgan fingerprint density at radius 2 is 1.77 bits per heavy atom. The molecule has 1 saturated carbocycles. The molecule has 2 amide bonds. The first-order valence-corrected chi connectivity index (χ1v) is 7.25. The maximum Gasteiger partial charge on any atom is 0.331 e. The van der Waals surface area contributed by atoms with E-state index in [9.17, 15) is 14.4 Å². The third kappa shape index (κ3) is 5.14. The molecule has 0 aromatic rings. The number of esters is 1. The molecule has 0 radical (unpaired) electrons. The van der Waals surface area contributed by atoms with Crippen molar-refractivity contribution >= 4 is 30.2 Å². The number of hydrogen-bond acceptors (Lipinski definition) is 5. The number of methoxy groups -OCH3 is 1.